The molecule has 0 saturated carbocycles. The van der Waals surface area contributed by atoms with Crippen LogP contribution >= 0.6 is 23.4 Å². The number of rotatable bonds is 8. The first kappa shape index (κ1) is 25.1. The molecular weight excluding hydrogens is 488 g/mol. The predicted octanol–water partition coefficient (Wildman–Crippen LogP) is 4.10. The third-order valence-electron chi connectivity index (χ3n) is 6.08. The molecule has 0 aliphatic carbocycles. The van der Waals surface area contributed by atoms with Gasteiger partial charge in [-0.05, 0) is 67.3 Å². The van der Waals surface area contributed by atoms with Gasteiger partial charge in [-0.3, -0.25) is 19.7 Å². The van der Waals surface area contributed by atoms with Gasteiger partial charge in [0.05, 0.1) is 0 Å². The van der Waals surface area contributed by atoms with E-state index in [0.717, 1.165) is 34.6 Å². The first-order valence-electron chi connectivity index (χ1n) is 11.5. The number of thioether (sulfide) groups is 1. The standard InChI is InChI=1S/C25H27ClN4O4S/c1-15-7-8-16(13-19(15)26)28-25(34)27-11-2-3-12-35-21-6-4-5-17-18(21)14-30(24(17)33)20-9-10-22(31)29-23(20)32/h4-8,13,20H,2-3,9-12,14H2,1H3,(H2,27,28,34)(H,29,31,32). The molecule has 1 unspecified atom stereocenters. The van der Waals surface area contributed by atoms with Crippen LogP contribution in [0.2, 0.25) is 5.02 Å². The lowest BCUT2D eigenvalue weighted by molar-refractivity contribution is -0.136. The largest absolute Gasteiger partial charge is 0.338 e. The van der Waals surface area contributed by atoms with Crippen LogP contribution in [0.3, 0.4) is 0 Å². The van der Waals surface area contributed by atoms with Crippen LogP contribution in [-0.4, -0.2) is 47.0 Å². The van der Waals surface area contributed by atoms with E-state index in [9.17, 15) is 19.2 Å². The highest BCUT2D eigenvalue weighted by atomic mass is 35.5. The van der Waals surface area contributed by atoms with Gasteiger partial charge in [0, 0.05) is 40.7 Å². The molecule has 2 aliphatic heterocycles. The summed E-state index contributed by atoms with van der Waals surface area (Å²) in [7, 11) is 0. The summed E-state index contributed by atoms with van der Waals surface area (Å²) in [5, 5.41) is 8.55. The predicted molar refractivity (Wildman–Crippen MR) is 136 cm³/mol. The number of amides is 5. The Morgan fingerprint density at radius 3 is 2.80 bits per heavy atom. The van der Waals surface area contributed by atoms with Crippen LogP contribution in [0.4, 0.5) is 10.5 Å². The van der Waals surface area contributed by atoms with Crippen LogP contribution < -0.4 is 16.0 Å². The maximum atomic E-state index is 12.9. The van der Waals surface area contributed by atoms with E-state index in [0.29, 0.717) is 35.8 Å². The van der Waals surface area contributed by atoms with Crippen molar-refractivity contribution in [2.45, 2.75) is 50.1 Å². The second-order valence-corrected chi connectivity index (χ2v) is 10.1. The molecule has 0 spiro atoms. The lowest BCUT2D eigenvalue weighted by Gasteiger charge is -2.29. The molecule has 1 atom stereocenters. The molecular formula is C25H27ClN4O4S. The van der Waals surface area contributed by atoms with Gasteiger partial charge in [-0.1, -0.05) is 23.7 Å². The Morgan fingerprint density at radius 1 is 1.20 bits per heavy atom. The summed E-state index contributed by atoms with van der Waals surface area (Å²) in [5.41, 5.74) is 3.15. The van der Waals surface area contributed by atoms with E-state index >= 15 is 0 Å². The van der Waals surface area contributed by atoms with Crippen molar-refractivity contribution in [1.82, 2.24) is 15.5 Å². The molecule has 1 fully saturated rings. The molecule has 2 aromatic rings. The third-order valence-corrected chi connectivity index (χ3v) is 7.68. The summed E-state index contributed by atoms with van der Waals surface area (Å²) in [5.74, 6) is -0.0289. The average molecular weight is 515 g/mol. The number of anilines is 1. The second-order valence-electron chi connectivity index (χ2n) is 8.58. The molecule has 8 nitrogen and oxygen atoms in total. The number of urea groups is 1. The highest BCUT2D eigenvalue weighted by Crippen LogP contribution is 2.34. The summed E-state index contributed by atoms with van der Waals surface area (Å²) in [6, 6.07) is 10.1. The summed E-state index contributed by atoms with van der Waals surface area (Å²) in [6.07, 6.45) is 2.29. The zero-order chi connectivity index (χ0) is 24.9. The van der Waals surface area contributed by atoms with Crippen LogP contribution in [0.25, 0.3) is 0 Å². The van der Waals surface area contributed by atoms with Crippen LogP contribution in [0, 0.1) is 6.92 Å². The van der Waals surface area contributed by atoms with Crippen molar-refractivity contribution in [3.05, 3.63) is 58.1 Å². The van der Waals surface area contributed by atoms with Gasteiger partial charge in [0.2, 0.25) is 11.8 Å². The summed E-state index contributed by atoms with van der Waals surface area (Å²) in [6.45, 7) is 2.81. The molecule has 5 amide bonds. The van der Waals surface area contributed by atoms with E-state index in [-0.39, 0.29) is 24.3 Å². The van der Waals surface area contributed by atoms with Gasteiger partial charge in [0.1, 0.15) is 6.04 Å². The van der Waals surface area contributed by atoms with E-state index in [1.807, 2.05) is 31.2 Å². The van der Waals surface area contributed by atoms with Crippen molar-refractivity contribution in [1.29, 1.82) is 0 Å². The Bertz CT molecular complexity index is 1170. The topological polar surface area (TPSA) is 108 Å². The number of carbonyl (C=O) groups is 4. The summed E-state index contributed by atoms with van der Waals surface area (Å²) >= 11 is 7.75. The molecule has 2 heterocycles. The molecule has 35 heavy (non-hydrogen) atoms. The molecule has 4 rings (SSSR count). The third kappa shape index (κ3) is 5.97. The van der Waals surface area contributed by atoms with Gasteiger partial charge in [0.15, 0.2) is 0 Å². The van der Waals surface area contributed by atoms with Gasteiger partial charge in [0.25, 0.3) is 5.91 Å². The van der Waals surface area contributed by atoms with Gasteiger partial charge in [-0.2, -0.15) is 0 Å². The first-order chi connectivity index (χ1) is 16.8. The molecule has 10 heteroatoms. The molecule has 2 aromatic carbocycles. The normalized spacial score (nSPS) is 17.3. The van der Waals surface area contributed by atoms with Crippen molar-refractivity contribution in [3.8, 4) is 0 Å². The van der Waals surface area contributed by atoms with Crippen LogP contribution in [0.1, 0.15) is 47.2 Å². The number of piperidine rings is 1. The summed E-state index contributed by atoms with van der Waals surface area (Å²) < 4.78 is 0. The maximum Gasteiger partial charge on any atom is 0.319 e. The molecule has 184 valence electrons. The lowest BCUT2D eigenvalue weighted by Crippen LogP contribution is -2.52. The monoisotopic (exact) mass is 514 g/mol. The molecule has 0 radical (unpaired) electrons. The Labute approximate surface area is 213 Å². The Balaban J connectivity index is 1.22. The zero-order valence-electron chi connectivity index (χ0n) is 19.4. The van der Waals surface area contributed by atoms with Crippen LogP contribution in [-0.2, 0) is 16.1 Å². The average Bonchev–Trinajstić information content (AvgIpc) is 3.15. The minimum atomic E-state index is -0.612. The van der Waals surface area contributed by atoms with Crippen molar-refractivity contribution < 1.29 is 19.2 Å². The zero-order valence-corrected chi connectivity index (χ0v) is 20.9. The van der Waals surface area contributed by atoms with Gasteiger partial charge in [-0.15, -0.1) is 11.8 Å². The van der Waals surface area contributed by atoms with Crippen LogP contribution in [0.5, 0.6) is 0 Å². The highest BCUT2D eigenvalue weighted by Gasteiger charge is 2.39. The number of imide groups is 1. The van der Waals surface area contributed by atoms with Crippen molar-refractivity contribution in [3.63, 3.8) is 0 Å². The van der Waals surface area contributed by atoms with E-state index in [1.54, 1.807) is 28.8 Å². The minimum absolute atomic E-state index is 0.165. The Hall–Kier alpha value is -3.04. The molecule has 0 aromatic heterocycles. The van der Waals surface area contributed by atoms with E-state index in [2.05, 4.69) is 16.0 Å². The number of fused-ring (bicyclic) bond motifs is 1. The minimum Gasteiger partial charge on any atom is -0.338 e. The number of benzene rings is 2. The second kappa shape index (κ2) is 11.1. The fourth-order valence-electron chi connectivity index (χ4n) is 4.15. The Morgan fingerprint density at radius 2 is 2.03 bits per heavy atom. The number of hydrogen-bond donors (Lipinski definition) is 3. The van der Waals surface area contributed by atoms with Gasteiger partial charge in [-0.25, -0.2) is 4.79 Å². The van der Waals surface area contributed by atoms with Gasteiger partial charge < -0.3 is 15.5 Å². The fourth-order valence-corrected chi connectivity index (χ4v) is 5.42. The van der Waals surface area contributed by atoms with Crippen molar-refractivity contribution >= 4 is 52.8 Å². The van der Waals surface area contributed by atoms with E-state index in [1.165, 1.54) is 0 Å². The van der Waals surface area contributed by atoms with Crippen LogP contribution in [0.15, 0.2) is 41.3 Å². The molecule has 2 aliphatic rings. The molecule has 3 N–H and O–H groups in total. The number of carbonyl (C=O) groups excluding carboxylic acids is 4. The Kier molecular flexibility index (Phi) is 7.97. The SMILES string of the molecule is Cc1ccc(NC(=O)NCCCCSc2cccc3c2CN(C2CCC(=O)NC2=O)C3=O)cc1Cl. The van der Waals surface area contributed by atoms with E-state index in [4.69, 9.17) is 11.6 Å². The number of unbranched alkanes of at least 4 members (excludes halogenated alkanes) is 1. The first-order valence-corrected chi connectivity index (χ1v) is 12.9. The molecule has 0 bridgehead atoms. The quantitative estimate of drug-likeness (QED) is 0.279. The van der Waals surface area contributed by atoms with E-state index < -0.39 is 11.9 Å². The van der Waals surface area contributed by atoms with Crippen molar-refractivity contribution in [2.75, 3.05) is 17.6 Å². The molecule has 1 saturated heterocycles. The number of nitrogens with one attached hydrogen (secondary N) is 3. The van der Waals surface area contributed by atoms with Crippen molar-refractivity contribution in [2.24, 2.45) is 0 Å². The number of hydrogen-bond acceptors (Lipinski definition) is 5. The number of aryl methyl sites for hydroxylation is 1. The lowest BCUT2D eigenvalue weighted by atomic mass is 10.0. The summed E-state index contributed by atoms with van der Waals surface area (Å²) in [4.78, 5) is 51.3. The highest BCUT2D eigenvalue weighted by molar-refractivity contribution is 7.99. The smallest absolute Gasteiger partial charge is 0.319 e. The fraction of sp³-hybridized carbons (Fsp3) is 0.360. The number of nitrogens with zero attached hydrogens (tertiary/aromatic N) is 1. The van der Waals surface area contributed by atoms with Gasteiger partial charge >= 0.3 is 6.03 Å². The maximum absolute atomic E-state index is 12.9. The number of halogens is 1.